The quantitative estimate of drug-likeness (QED) is 0.593. The summed E-state index contributed by atoms with van der Waals surface area (Å²) in [6, 6.07) is -0.0622. The van der Waals surface area contributed by atoms with Crippen molar-refractivity contribution in [1.82, 2.24) is 9.62 Å². The van der Waals surface area contributed by atoms with Crippen molar-refractivity contribution in [2.45, 2.75) is 19.4 Å². The van der Waals surface area contributed by atoms with Gasteiger partial charge in [-0.1, -0.05) is 0 Å². The van der Waals surface area contributed by atoms with Crippen molar-refractivity contribution in [3.05, 3.63) is 0 Å². The number of nitrogens with zero attached hydrogens (tertiary/aromatic N) is 1. The van der Waals surface area contributed by atoms with Gasteiger partial charge in [0.25, 0.3) is 0 Å². The third-order valence-corrected chi connectivity index (χ3v) is 3.22. The van der Waals surface area contributed by atoms with Crippen LogP contribution in [0.3, 0.4) is 0 Å². The average molecular weight is 223 g/mol. The third kappa shape index (κ3) is 7.25. The summed E-state index contributed by atoms with van der Waals surface area (Å²) in [4.78, 5) is 1.94. The van der Waals surface area contributed by atoms with Gasteiger partial charge in [-0.05, 0) is 34.0 Å². The minimum Gasteiger partial charge on any atom is -0.330 e. The lowest BCUT2D eigenvalue weighted by Gasteiger charge is -2.18. The highest BCUT2D eigenvalue weighted by Gasteiger charge is 2.13. The molecule has 0 spiro atoms. The first kappa shape index (κ1) is 13.8. The average Bonchev–Trinajstić information content (AvgIpc) is 1.98. The molecular formula is C8H21N3O2S. The summed E-state index contributed by atoms with van der Waals surface area (Å²) >= 11 is 0. The molecule has 1 unspecified atom stereocenters. The van der Waals surface area contributed by atoms with Crippen molar-refractivity contribution in [2.24, 2.45) is 5.73 Å². The fraction of sp³-hybridized carbons (Fsp3) is 1.00. The number of nitrogens with one attached hydrogen (secondary N) is 1. The summed E-state index contributed by atoms with van der Waals surface area (Å²) in [6.07, 6.45) is 0.504. The molecule has 0 bridgehead atoms. The molecule has 0 amide bonds. The van der Waals surface area contributed by atoms with Gasteiger partial charge in [0.15, 0.2) is 0 Å². The van der Waals surface area contributed by atoms with Crippen LogP contribution in [0, 0.1) is 0 Å². The van der Waals surface area contributed by atoms with Gasteiger partial charge in [0, 0.05) is 12.6 Å². The predicted octanol–water partition coefficient (Wildman–Crippen LogP) is -0.795. The largest absolute Gasteiger partial charge is 0.330 e. The lowest BCUT2D eigenvalue weighted by molar-refractivity contribution is 0.370. The van der Waals surface area contributed by atoms with Gasteiger partial charge in [-0.25, -0.2) is 13.1 Å². The molecule has 0 aromatic carbocycles. The van der Waals surface area contributed by atoms with E-state index in [-0.39, 0.29) is 11.8 Å². The molecule has 0 fully saturated rings. The Kier molecular flexibility index (Phi) is 6.26. The molecule has 86 valence electrons. The van der Waals surface area contributed by atoms with Gasteiger partial charge in [0.2, 0.25) is 10.0 Å². The van der Waals surface area contributed by atoms with Crippen LogP contribution in [0.4, 0.5) is 0 Å². The highest BCUT2D eigenvalue weighted by Crippen LogP contribution is 1.93. The monoisotopic (exact) mass is 223 g/mol. The van der Waals surface area contributed by atoms with Gasteiger partial charge in [-0.15, -0.1) is 0 Å². The van der Waals surface area contributed by atoms with Crippen molar-refractivity contribution in [3.8, 4) is 0 Å². The Morgan fingerprint density at radius 1 is 1.43 bits per heavy atom. The van der Waals surface area contributed by atoms with Crippen LogP contribution in [0.2, 0.25) is 0 Å². The maximum absolute atomic E-state index is 11.4. The topological polar surface area (TPSA) is 75.4 Å². The van der Waals surface area contributed by atoms with Crippen molar-refractivity contribution in [2.75, 3.05) is 32.9 Å². The van der Waals surface area contributed by atoms with Crippen LogP contribution in [0.15, 0.2) is 0 Å². The molecule has 6 heteroatoms. The molecule has 5 nitrogen and oxygen atoms in total. The Labute approximate surface area is 86.7 Å². The van der Waals surface area contributed by atoms with Crippen LogP contribution in [0.5, 0.6) is 0 Å². The van der Waals surface area contributed by atoms with E-state index in [1.807, 2.05) is 25.9 Å². The Balaban J connectivity index is 3.96. The Morgan fingerprint density at radius 3 is 2.43 bits per heavy atom. The number of sulfonamides is 1. The van der Waals surface area contributed by atoms with Crippen LogP contribution in [0.25, 0.3) is 0 Å². The predicted molar refractivity (Wildman–Crippen MR) is 58.6 cm³/mol. The van der Waals surface area contributed by atoms with E-state index in [1.54, 1.807) is 0 Å². The van der Waals surface area contributed by atoms with Crippen LogP contribution in [-0.4, -0.2) is 52.3 Å². The highest BCUT2D eigenvalue weighted by atomic mass is 32.2. The van der Waals surface area contributed by atoms with E-state index in [4.69, 9.17) is 5.73 Å². The fourth-order valence-corrected chi connectivity index (χ4v) is 2.58. The Bertz CT molecular complexity index is 239. The maximum atomic E-state index is 11.4. The zero-order chi connectivity index (χ0) is 11.2. The van der Waals surface area contributed by atoms with E-state index in [9.17, 15) is 8.42 Å². The summed E-state index contributed by atoms with van der Waals surface area (Å²) in [7, 11) is 0.670. The molecule has 0 aromatic rings. The highest BCUT2D eigenvalue weighted by molar-refractivity contribution is 7.89. The minimum absolute atomic E-state index is 0.0622. The number of rotatable bonds is 7. The Hall–Kier alpha value is -0.170. The second-order valence-corrected chi connectivity index (χ2v) is 5.62. The standard InChI is InChI=1S/C8H21N3O2S/c1-8(7-11(2)3)10-14(12,13)6-4-5-9/h8,10H,4-7,9H2,1-3H3. The Morgan fingerprint density at radius 2 is 2.00 bits per heavy atom. The molecule has 0 radical (unpaired) electrons. The van der Waals surface area contributed by atoms with Crippen molar-refractivity contribution in [1.29, 1.82) is 0 Å². The van der Waals surface area contributed by atoms with E-state index in [0.29, 0.717) is 19.5 Å². The lowest BCUT2D eigenvalue weighted by Crippen LogP contribution is -2.40. The summed E-state index contributed by atoms with van der Waals surface area (Å²) in [5, 5.41) is 0. The van der Waals surface area contributed by atoms with Crippen LogP contribution < -0.4 is 10.5 Å². The molecule has 0 heterocycles. The van der Waals surface area contributed by atoms with Gasteiger partial charge < -0.3 is 10.6 Å². The van der Waals surface area contributed by atoms with Crippen LogP contribution in [-0.2, 0) is 10.0 Å². The minimum atomic E-state index is -3.15. The molecule has 0 saturated carbocycles. The fourth-order valence-electron chi connectivity index (χ4n) is 1.22. The molecule has 0 aliphatic heterocycles. The first-order valence-corrected chi connectivity index (χ1v) is 6.37. The molecule has 3 N–H and O–H groups in total. The molecule has 0 saturated heterocycles. The molecule has 0 rings (SSSR count). The first-order valence-electron chi connectivity index (χ1n) is 4.72. The molecule has 1 atom stereocenters. The van der Waals surface area contributed by atoms with Crippen LogP contribution >= 0.6 is 0 Å². The first-order chi connectivity index (χ1) is 6.37. The smallest absolute Gasteiger partial charge is 0.211 e. The van der Waals surface area contributed by atoms with E-state index >= 15 is 0 Å². The van der Waals surface area contributed by atoms with E-state index < -0.39 is 10.0 Å². The van der Waals surface area contributed by atoms with Gasteiger partial charge >= 0.3 is 0 Å². The number of hydrogen-bond donors (Lipinski definition) is 2. The molecular weight excluding hydrogens is 202 g/mol. The van der Waals surface area contributed by atoms with Gasteiger partial charge in [-0.2, -0.15) is 0 Å². The van der Waals surface area contributed by atoms with Crippen molar-refractivity contribution >= 4 is 10.0 Å². The summed E-state index contributed by atoms with van der Waals surface area (Å²) < 4.78 is 25.4. The maximum Gasteiger partial charge on any atom is 0.211 e. The van der Waals surface area contributed by atoms with Gasteiger partial charge in [0.1, 0.15) is 0 Å². The zero-order valence-electron chi connectivity index (χ0n) is 9.16. The summed E-state index contributed by atoms with van der Waals surface area (Å²) in [5.74, 6) is 0.112. The summed E-state index contributed by atoms with van der Waals surface area (Å²) in [6.45, 7) is 2.95. The van der Waals surface area contributed by atoms with Gasteiger partial charge in [-0.3, -0.25) is 0 Å². The van der Waals surface area contributed by atoms with E-state index in [0.717, 1.165) is 0 Å². The van der Waals surface area contributed by atoms with Crippen molar-refractivity contribution < 1.29 is 8.42 Å². The third-order valence-electron chi connectivity index (χ3n) is 1.64. The zero-order valence-corrected chi connectivity index (χ0v) is 9.97. The normalized spacial score (nSPS) is 14.6. The number of nitrogens with two attached hydrogens (primary N) is 1. The van der Waals surface area contributed by atoms with E-state index in [2.05, 4.69) is 4.72 Å². The number of likely N-dealkylation sites (N-methyl/N-ethyl adjacent to an activating group) is 1. The SMILES string of the molecule is CC(CN(C)C)NS(=O)(=O)CCCN. The lowest BCUT2D eigenvalue weighted by atomic mass is 10.3. The van der Waals surface area contributed by atoms with E-state index in [1.165, 1.54) is 0 Å². The number of hydrogen-bond acceptors (Lipinski definition) is 4. The summed E-state index contributed by atoms with van der Waals surface area (Å²) in [5.41, 5.74) is 5.25. The second-order valence-electron chi connectivity index (χ2n) is 3.74. The molecule has 0 aromatic heterocycles. The molecule has 14 heavy (non-hydrogen) atoms. The van der Waals surface area contributed by atoms with Crippen molar-refractivity contribution in [3.63, 3.8) is 0 Å². The van der Waals surface area contributed by atoms with Gasteiger partial charge in [0.05, 0.1) is 5.75 Å². The second kappa shape index (κ2) is 6.34. The molecule has 0 aliphatic rings. The molecule has 0 aliphatic carbocycles. The van der Waals surface area contributed by atoms with Crippen LogP contribution in [0.1, 0.15) is 13.3 Å².